The lowest BCUT2D eigenvalue weighted by molar-refractivity contribution is -0.259. The number of ketones is 2. The van der Waals surface area contributed by atoms with E-state index in [0.29, 0.717) is 32.1 Å². The van der Waals surface area contributed by atoms with E-state index in [0.717, 1.165) is 30.4 Å². The van der Waals surface area contributed by atoms with Crippen molar-refractivity contribution in [1.29, 1.82) is 0 Å². The quantitative estimate of drug-likeness (QED) is 0.314. The molecule has 52 heavy (non-hydrogen) atoms. The molecule has 0 aliphatic carbocycles. The zero-order valence-corrected chi connectivity index (χ0v) is 30.8. The van der Waals surface area contributed by atoms with Gasteiger partial charge in [0.25, 0.3) is 0 Å². The summed E-state index contributed by atoms with van der Waals surface area (Å²) in [6.45, 7) is 12.6. The molecule has 0 aromatic rings. The van der Waals surface area contributed by atoms with Crippen molar-refractivity contribution in [2.75, 3.05) is 6.61 Å². The van der Waals surface area contributed by atoms with Crippen LogP contribution in [0.2, 0.25) is 0 Å². The number of hydrogen-bond donors (Lipinski definition) is 4. The maximum Gasteiger partial charge on any atom is 0.135 e. The Bertz CT molecular complexity index is 1320. The van der Waals surface area contributed by atoms with Crippen molar-refractivity contribution in [3.8, 4) is 0 Å². The van der Waals surface area contributed by atoms with Crippen LogP contribution < -0.4 is 0 Å². The molecule has 12 nitrogen and oxygen atoms in total. The summed E-state index contributed by atoms with van der Waals surface area (Å²) in [6.07, 6.45) is -1.85. The number of fused-ring (bicyclic) bond motifs is 7. The summed E-state index contributed by atoms with van der Waals surface area (Å²) >= 11 is 0. The second-order valence-corrected chi connectivity index (χ2v) is 17.0. The molecule has 4 unspecified atom stereocenters. The van der Waals surface area contributed by atoms with Crippen molar-refractivity contribution in [1.82, 2.24) is 0 Å². The summed E-state index contributed by atoms with van der Waals surface area (Å²) in [5.41, 5.74) is 2.04. The van der Waals surface area contributed by atoms with E-state index < -0.39 is 54.9 Å². The highest BCUT2D eigenvalue weighted by molar-refractivity contribution is 5.79. The Hall–Kier alpha value is -1.58. The van der Waals surface area contributed by atoms with Crippen LogP contribution in [-0.2, 0) is 38.0 Å². The molecule has 0 saturated carbocycles. The monoisotopic (exact) mass is 732 g/mol. The highest BCUT2D eigenvalue weighted by Gasteiger charge is 2.57. The molecule has 0 aromatic carbocycles. The van der Waals surface area contributed by atoms with Gasteiger partial charge in [-0.25, -0.2) is 0 Å². The highest BCUT2D eigenvalue weighted by Crippen LogP contribution is 2.44. The van der Waals surface area contributed by atoms with Crippen molar-refractivity contribution in [2.24, 2.45) is 17.8 Å². The summed E-state index contributed by atoms with van der Waals surface area (Å²) in [5.74, 6) is 0.0495. The van der Waals surface area contributed by atoms with E-state index in [2.05, 4.69) is 27.0 Å². The summed E-state index contributed by atoms with van der Waals surface area (Å²) < 4.78 is 38.4. The molecule has 0 amide bonds. The molecule has 7 fully saturated rings. The van der Waals surface area contributed by atoms with Gasteiger partial charge in [0, 0.05) is 38.5 Å². The lowest BCUT2D eigenvalue weighted by atomic mass is 9.79. The zero-order valence-electron chi connectivity index (χ0n) is 30.8. The Morgan fingerprint density at radius 1 is 0.692 bits per heavy atom. The fourth-order valence-electron chi connectivity index (χ4n) is 10.1. The number of aliphatic hydroxyl groups is 4. The first-order chi connectivity index (χ1) is 24.9. The fraction of sp³-hybridized carbons (Fsp3) is 0.850. The minimum atomic E-state index is -1.08. The van der Waals surface area contributed by atoms with Crippen LogP contribution in [0.5, 0.6) is 0 Å². The van der Waals surface area contributed by atoms with Gasteiger partial charge in [-0.1, -0.05) is 27.0 Å². The summed E-state index contributed by atoms with van der Waals surface area (Å²) in [4.78, 5) is 26.9. The molecule has 0 aromatic heterocycles. The molecule has 0 spiro atoms. The first-order valence-electron chi connectivity index (χ1n) is 19.9. The van der Waals surface area contributed by atoms with Gasteiger partial charge in [0.15, 0.2) is 0 Å². The van der Waals surface area contributed by atoms with Gasteiger partial charge in [0.1, 0.15) is 42.1 Å². The Kier molecular flexibility index (Phi) is 12.1. The van der Waals surface area contributed by atoms with E-state index in [1.54, 1.807) is 0 Å². The highest BCUT2D eigenvalue weighted by atomic mass is 16.6. The predicted octanol–water partition coefficient (Wildman–Crippen LogP) is 2.89. The van der Waals surface area contributed by atoms with Gasteiger partial charge in [-0.15, -0.1) is 0 Å². The van der Waals surface area contributed by atoms with Gasteiger partial charge < -0.3 is 48.8 Å². The molecule has 292 valence electrons. The van der Waals surface area contributed by atoms with Gasteiger partial charge in [0.2, 0.25) is 0 Å². The van der Waals surface area contributed by atoms with E-state index in [1.807, 2.05) is 0 Å². The predicted molar refractivity (Wildman–Crippen MR) is 187 cm³/mol. The van der Waals surface area contributed by atoms with Crippen molar-refractivity contribution >= 4 is 11.6 Å². The van der Waals surface area contributed by atoms with Crippen molar-refractivity contribution in [3.05, 3.63) is 24.3 Å². The van der Waals surface area contributed by atoms with Crippen LogP contribution in [0.25, 0.3) is 0 Å². The molecular weight excluding hydrogens is 672 g/mol. The molecule has 12 heteroatoms. The smallest absolute Gasteiger partial charge is 0.135 e. The largest absolute Gasteiger partial charge is 0.394 e. The van der Waals surface area contributed by atoms with Crippen LogP contribution in [0, 0.1) is 17.8 Å². The van der Waals surface area contributed by atoms with Crippen molar-refractivity contribution < 1.29 is 58.4 Å². The number of carbonyl (C=O) groups is 2. The number of rotatable bonds is 3. The van der Waals surface area contributed by atoms with Gasteiger partial charge >= 0.3 is 0 Å². The molecule has 0 radical (unpaired) electrons. The lowest BCUT2D eigenvalue weighted by Gasteiger charge is -2.46. The third-order valence-corrected chi connectivity index (χ3v) is 13.3. The maximum absolute atomic E-state index is 13.8. The first-order valence-corrected chi connectivity index (χ1v) is 19.9. The standard InChI is InChI=1S/C40H60O12/c1-19-11-27-7-9-30-20(2)12-26(47-30)6-5-23(42)15-35-36(45)39-40(52-35)37(46)38-31(51-39)10-8-28(49-38)13-24(43)14-29-22(4)32(16-25(44)18-41)50-34(29)17-33(48-27)21(19)3/h19,22,25-41,44-46H,2-3,5-18H2,1,4H3/t19-,22-,25+,26?,27+,28-,29?,30?,31+,32-,33?,34+,35-,36+,37+,38+,39+,40+/m1/s1. The SMILES string of the molecule is C=C1CC2CCC(=O)C[C@H]3O[C@H]4[C@@H](O)[C@H]5O[C@H](CC[C@@H]5O[C@H]4[C@H]3O)CC(=O)CC3[C@H](CC4O[C@@H](CCC1O2)C[C@@H](C)C4=C)O[C@H](C[C@H](O)CO)[C@@H]3C. The average Bonchev–Trinajstić information content (AvgIpc) is 3.73. The third kappa shape index (κ3) is 8.17. The molecule has 7 saturated heterocycles. The van der Waals surface area contributed by atoms with E-state index >= 15 is 0 Å². The Morgan fingerprint density at radius 2 is 1.40 bits per heavy atom. The number of carbonyl (C=O) groups excluding carboxylic acids is 2. The van der Waals surface area contributed by atoms with Crippen molar-refractivity contribution in [3.63, 3.8) is 0 Å². The summed E-state index contributed by atoms with van der Waals surface area (Å²) in [7, 11) is 0. The fourth-order valence-corrected chi connectivity index (χ4v) is 10.1. The normalized spacial score (nSPS) is 48.4. The molecule has 7 aliphatic rings. The Labute approximate surface area is 307 Å². The molecule has 7 heterocycles. The van der Waals surface area contributed by atoms with Crippen molar-refractivity contribution in [2.45, 2.75) is 189 Å². The molecular formula is C40H60O12. The zero-order chi connectivity index (χ0) is 36.8. The second-order valence-electron chi connectivity index (χ2n) is 17.0. The summed E-state index contributed by atoms with van der Waals surface area (Å²) in [6, 6.07) is 0. The molecule has 7 rings (SSSR count). The van der Waals surface area contributed by atoms with Crippen LogP contribution in [-0.4, -0.2) is 130 Å². The van der Waals surface area contributed by atoms with E-state index in [1.165, 1.54) is 0 Å². The summed E-state index contributed by atoms with van der Waals surface area (Å²) in [5, 5.41) is 42.5. The number of hydrogen-bond acceptors (Lipinski definition) is 12. The van der Waals surface area contributed by atoms with Crippen LogP contribution >= 0.6 is 0 Å². The maximum atomic E-state index is 13.8. The Balaban J connectivity index is 1.10. The van der Waals surface area contributed by atoms with Crippen LogP contribution in [0.4, 0.5) is 0 Å². The minimum absolute atomic E-state index is 0.00785. The molecule has 8 bridgehead atoms. The minimum Gasteiger partial charge on any atom is -0.394 e. The number of ether oxygens (including phenoxy) is 6. The van der Waals surface area contributed by atoms with Gasteiger partial charge in [-0.05, 0) is 73.8 Å². The van der Waals surface area contributed by atoms with Crippen LogP contribution in [0.3, 0.4) is 0 Å². The second kappa shape index (κ2) is 16.3. The Morgan fingerprint density at radius 3 is 2.19 bits per heavy atom. The average molecular weight is 733 g/mol. The van der Waals surface area contributed by atoms with Gasteiger partial charge in [-0.2, -0.15) is 0 Å². The van der Waals surface area contributed by atoms with E-state index in [-0.39, 0.29) is 105 Å². The van der Waals surface area contributed by atoms with E-state index in [9.17, 15) is 30.0 Å². The number of Topliss-reactive ketones (excluding diaryl/α,β-unsaturated/α-hetero) is 2. The van der Waals surface area contributed by atoms with Gasteiger partial charge in [0.05, 0.1) is 67.6 Å². The molecule has 18 atom stereocenters. The van der Waals surface area contributed by atoms with Gasteiger partial charge in [-0.3, -0.25) is 9.59 Å². The van der Waals surface area contributed by atoms with Crippen LogP contribution in [0.1, 0.15) is 97.3 Å². The topological polar surface area (TPSA) is 170 Å². The van der Waals surface area contributed by atoms with Crippen LogP contribution in [0.15, 0.2) is 24.3 Å². The first kappa shape index (κ1) is 38.7. The number of aliphatic hydroxyl groups excluding tert-OH is 4. The third-order valence-electron chi connectivity index (χ3n) is 13.3. The molecule has 4 N–H and O–H groups in total. The van der Waals surface area contributed by atoms with E-state index in [4.69, 9.17) is 28.4 Å². The molecule has 7 aliphatic heterocycles. The lowest BCUT2D eigenvalue weighted by Crippen LogP contribution is -2.61.